The smallest absolute Gasteiger partial charge is 0.339 e. The summed E-state index contributed by atoms with van der Waals surface area (Å²) in [6, 6.07) is 81.5. The van der Waals surface area contributed by atoms with Gasteiger partial charge in [-0.3, -0.25) is 0 Å². The Morgan fingerprint density at radius 3 is 0.939 bits per heavy atom. The molecule has 12 aromatic carbocycles. The van der Waals surface area contributed by atoms with Crippen LogP contribution >= 0.6 is 0 Å². The van der Waals surface area contributed by atoms with E-state index >= 15 is 0 Å². The fourth-order valence-corrected chi connectivity index (χ4v) is 12.8. The predicted molar refractivity (Wildman–Crippen MR) is 483 cm³/mol. The second-order valence-corrected chi connectivity index (χ2v) is 27.6. The van der Waals surface area contributed by atoms with E-state index in [4.69, 9.17) is 44.5 Å². The molecule has 4 N–H and O–H groups in total. The van der Waals surface area contributed by atoms with Crippen LogP contribution in [0.4, 0.5) is 5.69 Å². The molecular formula is C100H75N15O16. The van der Waals surface area contributed by atoms with Gasteiger partial charge in [-0.05, 0) is 104 Å². The van der Waals surface area contributed by atoms with E-state index in [1.165, 1.54) is 98.3 Å². The van der Waals surface area contributed by atoms with Crippen LogP contribution in [0.25, 0.3) is 141 Å². The van der Waals surface area contributed by atoms with Gasteiger partial charge in [0.15, 0.2) is 75.6 Å². The molecule has 31 heteroatoms. The van der Waals surface area contributed by atoms with Crippen LogP contribution in [0.2, 0.25) is 0 Å². The summed E-state index contributed by atoms with van der Waals surface area (Å²) in [6.45, 7) is 9.37. The quantitative estimate of drug-likeness (QED) is 0.0295. The summed E-state index contributed by atoms with van der Waals surface area (Å²) in [4.78, 5) is 107. The van der Waals surface area contributed by atoms with Gasteiger partial charge in [0.2, 0.25) is 0 Å². The van der Waals surface area contributed by atoms with Crippen molar-refractivity contribution < 1.29 is 77.5 Å². The van der Waals surface area contributed by atoms with E-state index in [2.05, 4.69) is 70.7 Å². The average molecular weight is 1740 g/mol. The Morgan fingerprint density at radius 1 is 0.298 bits per heavy atom. The number of esters is 4. The Morgan fingerprint density at radius 2 is 0.603 bits per heavy atom. The SMILES string of the molecule is CCOC(=O)c1ccc(-c2nc(-c3ccccc3)nc(-c3ccc(OC)cc3O)n2)cc1.COC(=O)c1ccc(-c2nc(-c3ccccc3)nc(-c3ccc(OC)cc3O)n2)c(C(=O)OC)c1.COC(=O)c1ccc(-c2nc(-c3ccccc3)nc(-c3ccc(OC)cc3O)n2)cc1C#N.[C-]#[N+]c1ccc(C#N)c(-c2nc(-c3ccccc3)nc(-c3ccc(OC)cc3O)n2)c1. The van der Waals surface area contributed by atoms with Gasteiger partial charge in [0.1, 0.15) is 52.1 Å². The van der Waals surface area contributed by atoms with Crippen molar-refractivity contribution in [1.82, 2.24) is 59.8 Å². The molecule has 0 radical (unpaired) electrons. The van der Waals surface area contributed by atoms with Crippen molar-refractivity contribution in [2.24, 2.45) is 0 Å². The minimum absolute atomic E-state index is 0.00169. The van der Waals surface area contributed by atoms with Crippen LogP contribution in [0.15, 0.2) is 273 Å². The number of hydrogen-bond donors (Lipinski definition) is 4. The molecular weight excluding hydrogens is 1670 g/mol. The van der Waals surface area contributed by atoms with Crippen LogP contribution in [0.5, 0.6) is 46.0 Å². The first-order valence-electron chi connectivity index (χ1n) is 39.6. The number of methoxy groups -OCH3 is 7. The highest BCUT2D eigenvalue weighted by molar-refractivity contribution is 6.00. The second-order valence-electron chi connectivity index (χ2n) is 27.6. The van der Waals surface area contributed by atoms with Crippen LogP contribution in [-0.4, -0.2) is 160 Å². The van der Waals surface area contributed by atoms with Crippen LogP contribution in [0.1, 0.15) is 59.5 Å². The number of hydrogen-bond acceptors (Lipinski definition) is 30. The van der Waals surface area contributed by atoms with E-state index in [1.807, 2.05) is 127 Å². The Kier molecular flexibility index (Phi) is 29.1. The summed E-state index contributed by atoms with van der Waals surface area (Å²) in [7, 11) is 9.78. The van der Waals surface area contributed by atoms with Crippen LogP contribution in [-0.2, 0) is 18.9 Å². The van der Waals surface area contributed by atoms with E-state index in [0.717, 1.165) is 16.7 Å². The molecule has 646 valence electrons. The van der Waals surface area contributed by atoms with E-state index in [0.29, 0.717) is 131 Å². The molecule has 0 aliphatic rings. The van der Waals surface area contributed by atoms with E-state index in [9.17, 15) is 50.1 Å². The van der Waals surface area contributed by atoms with Crippen LogP contribution in [0, 0.1) is 29.2 Å². The number of benzene rings is 12. The first kappa shape index (κ1) is 90.2. The fourth-order valence-electron chi connectivity index (χ4n) is 12.8. The fraction of sp³-hybridized carbons (Fsp3) is 0.0900. The first-order chi connectivity index (χ1) is 63.7. The summed E-state index contributed by atoms with van der Waals surface area (Å²) < 4.78 is 40.1. The summed E-state index contributed by atoms with van der Waals surface area (Å²) >= 11 is 0. The van der Waals surface area contributed by atoms with Gasteiger partial charge in [-0.1, -0.05) is 152 Å². The molecule has 4 aromatic heterocycles. The molecule has 0 amide bonds. The number of carbonyl (C=O) groups excluding carboxylic acids is 4. The molecule has 0 unspecified atom stereocenters. The Balaban J connectivity index is 0.000000149. The Labute approximate surface area is 749 Å². The van der Waals surface area contributed by atoms with Crippen LogP contribution in [0.3, 0.4) is 0 Å². The lowest BCUT2D eigenvalue weighted by Gasteiger charge is -2.12. The monoisotopic (exact) mass is 1740 g/mol. The topological polar surface area (TPSA) is 430 Å². The van der Waals surface area contributed by atoms with Crippen molar-refractivity contribution in [2.45, 2.75) is 6.92 Å². The van der Waals surface area contributed by atoms with Crippen molar-refractivity contribution >= 4 is 29.6 Å². The molecule has 0 saturated heterocycles. The summed E-state index contributed by atoms with van der Waals surface area (Å²) in [5.74, 6) is 3.15. The van der Waals surface area contributed by atoms with E-state index in [1.54, 1.807) is 110 Å². The third-order valence-electron chi connectivity index (χ3n) is 19.5. The lowest BCUT2D eigenvalue weighted by molar-refractivity contribution is 0.0523. The highest BCUT2D eigenvalue weighted by atomic mass is 16.5. The number of ether oxygens (including phenoxy) is 8. The molecule has 0 aliphatic heterocycles. The minimum atomic E-state index is -0.679. The zero-order chi connectivity index (χ0) is 92.6. The van der Waals surface area contributed by atoms with Gasteiger partial charge in [0.25, 0.3) is 0 Å². The summed E-state index contributed by atoms with van der Waals surface area (Å²) in [6.07, 6.45) is 0. The zero-order valence-corrected chi connectivity index (χ0v) is 71.1. The number of carbonyl (C=O) groups is 4. The maximum absolute atomic E-state index is 12.6. The first-order valence-corrected chi connectivity index (χ1v) is 39.6. The third-order valence-corrected chi connectivity index (χ3v) is 19.5. The van der Waals surface area contributed by atoms with Crippen molar-refractivity contribution in [1.29, 1.82) is 10.5 Å². The summed E-state index contributed by atoms with van der Waals surface area (Å²) in [5, 5.41) is 61.2. The van der Waals surface area contributed by atoms with Crippen molar-refractivity contribution in [2.75, 3.05) is 56.4 Å². The number of aromatic hydroxyl groups is 4. The molecule has 131 heavy (non-hydrogen) atoms. The lowest BCUT2D eigenvalue weighted by atomic mass is 10.0. The molecule has 4 heterocycles. The van der Waals surface area contributed by atoms with Crippen molar-refractivity contribution in [3.63, 3.8) is 0 Å². The Hall–Kier alpha value is -18.6. The molecule has 31 nitrogen and oxygen atoms in total. The van der Waals surface area contributed by atoms with Gasteiger partial charge in [-0.15, -0.1) is 0 Å². The maximum atomic E-state index is 12.6. The molecule has 0 saturated carbocycles. The van der Waals surface area contributed by atoms with E-state index in [-0.39, 0.29) is 86.2 Å². The normalized spacial score (nSPS) is 10.4. The van der Waals surface area contributed by atoms with Gasteiger partial charge in [0, 0.05) is 68.8 Å². The van der Waals surface area contributed by atoms with Gasteiger partial charge in [-0.2, -0.15) is 10.5 Å². The van der Waals surface area contributed by atoms with Gasteiger partial charge in [-0.25, -0.2) is 83.8 Å². The number of nitrogens with zero attached hydrogens (tertiary/aromatic N) is 15. The second kappa shape index (κ2) is 42.2. The number of phenols is 4. The lowest BCUT2D eigenvalue weighted by Crippen LogP contribution is -2.10. The maximum Gasteiger partial charge on any atom is 0.339 e. The van der Waals surface area contributed by atoms with Crippen LogP contribution < -0.4 is 18.9 Å². The summed E-state index contributed by atoms with van der Waals surface area (Å²) in [5.41, 5.74) is 8.22. The molecule has 0 spiro atoms. The van der Waals surface area contributed by atoms with Crippen molar-refractivity contribution in [3.05, 3.63) is 318 Å². The molecule has 0 fully saturated rings. The predicted octanol–water partition coefficient (Wildman–Crippen LogP) is 18.2. The van der Waals surface area contributed by atoms with E-state index < -0.39 is 17.9 Å². The molecule has 16 aromatic rings. The number of rotatable bonds is 21. The van der Waals surface area contributed by atoms with Gasteiger partial charge < -0.3 is 58.3 Å². The van der Waals surface area contributed by atoms with Crippen molar-refractivity contribution in [3.8, 4) is 195 Å². The number of nitriles is 2. The highest BCUT2D eigenvalue weighted by Gasteiger charge is 2.26. The minimum Gasteiger partial charge on any atom is -0.507 e. The molecule has 0 atom stereocenters. The van der Waals surface area contributed by atoms with Gasteiger partial charge in [0.05, 0.1) is 125 Å². The molecule has 16 rings (SSSR count). The zero-order valence-electron chi connectivity index (χ0n) is 71.1. The number of aromatic nitrogens is 12. The standard InChI is InChI=1S/C26H21N3O6.C25H18N4O4.C25H21N3O4.C24H15N5O2/c1-33-17-10-12-19(21(30)14-17)24-28-22(15-7-5-4-6-8-15)27-23(29-24)18-11-9-16(25(31)34-2)13-20(18)26(32)35-3;1-32-18-9-11-20(21(30)13-18)24-28-22(15-6-4-3-5-7-15)27-23(29-24)16-8-10-19(25(31)33-2)17(12-16)14-26;1-3-32-25(30)18-11-9-17(10-12-18)23-26-22(16-7-5-4-6-8-16)27-24(28-23)20-14-13-19(31-2)15-21(20)29;1-26-17-9-8-16(14-25)20(12-17)24-28-22(15-6-4-3-5-7-15)27-23(29-24)19-11-10-18(31-2)13-21(19)30/h4-14,30H,1-3H3;3-13,30H,1-2H3;4-15,29H,3H2,1-2H3;3-13,30H,2H3. The Bertz CT molecular complexity index is 7070. The molecule has 0 aliphatic carbocycles. The molecule has 0 bridgehead atoms. The number of phenolic OH excluding ortho intramolecular Hbond substituents is 4. The highest BCUT2D eigenvalue weighted by Crippen LogP contribution is 2.40. The third kappa shape index (κ3) is 21.4. The average Bonchev–Trinajstić information content (AvgIpc) is 0.793. The van der Waals surface area contributed by atoms with Gasteiger partial charge >= 0.3 is 23.9 Å². The largest absolute Gasteiger partial charge is 0.507 e.